The highest BCUT2D eigenvalue weighted by Gasteiger charge is 2.08. The summed E-state index contributed by atoms with van der Waals surface area (Å²) in [6, 6.07) is 8.60. The van der Waals surface area contributed by atoms with Crippen LogP contribution in [-0.2, 0) is 11.2 Å². The normalized spacial score (nSPS) is 10.4. The summed E-state index contributed by atoms with van der Waals surface area (Å²) in [7, 11) is 1.39. The summed E-state index contributed by atoms with van der Waals surface area (Å²) >= 11 is 3.18. The lowest BCUT2D eigenvalue weighted by molar-refractivity contribution is -0.116. The molecule has 0 aliphatic carbocycles. The zero-order chi connectivity index (χ0) is 16.1. The molecule has 0 unspecified atom stereocenters. The molecule has 0 aromatic heterocycles. The average Bonchev–Trinajstić information content (AvgIpc) is 2.48. The first-order valence-electron chi connectivity index (χ1n) is 6.57. The first-order valence-corrected chi connectivity index (χ1v) is 7.36. The summed E-state index contributed by atoms with van der Waals surface area (Å²) in [6.45, 7) is 0. The number of carbonyl (C=O) groups excluding carboxylic acids is 1. The van der Waals surface area contributed by atoms with E-state index in [4.69, 9.17) is 4.74 Å². The van der Waals surface area contributed by atoms with Gasteiger partial charge >= 0.3 is 0 Å². The Bertz CT molecular complexity index is 692. The minimum Gasteiger partial charge on any atom is -0.494 e. The molecule has 0 heterocycles. The molecule has 1 amide bonds. The summed E-state index contributed by atoms with van der Waals surface area (Å²) in [6.07, 6.45) is 0.584. The minimum atomic E-state index is -0.457. The van der Waals surface area contributed by atoms with E-state index in [1.165, 1.54) is 37.4 Å². The van der Waals surface area contributed by atoms with Crippen LogP contribution >= 0.6 is 15.9 Å². The second-order valence-electron chi connectivity index (χ2n) is 4.64. The molecule has 6 heteroatoms. The van der Waals surface area contributed by atoms with E-state index in [1.807, 2.05) is 0 Å². The molecule has 0 aliphatic rings. The van der Waals surface area contributed by atoms with Crippen molar-refractivity contribution in [3.63, 3.8) is 0 Å². The summed E-state index contributed by atoms with van der Waals surface area (Å²) in [5.74, 6) is -0.910. The zero-order valence-corrected chi connectivity index (χ0v) is 13.4. The van der Waals surface area contributed by atoms with Gasteiger partial charge in [0.05, 0.1) is 12.8 Å². The summed E-state index contributed by atoms with van der Waals surface area (Å²) in [5.41, 5.74) is 1.19. The third-order valence-electron chi connectivity index (χ3n) is 3.06. The molecule has 116 valence electrons. The van der Waals surface area contributed by atoms with Gasteiger partial charge in [-0.1, -0.05) is 6.07 Å². The van der Waals surface area contributed by atoms with Gasteiger partial charge in [-0.3, -0.25) is 4.79 Å². The second-order valence-corrected chi connectivity index (χ2v) is 5.50. The predicted molar refractivity (Wildman–Crippen MR) is 84.0 cm³/mol. The zero-order valence-electron chi connectivity index (χ0n) is 11.8. The number of benzene rings is 2. The molecule has 0 saturated heterocycles. The van der Waals surface area contributed by atoms with E-state index in [0.717, 1.165) is 0 Å². The number of nitrogens with one attached hydrogen (secondary N) is 1. The smallest absolute Gasteiger partial charge is 0.224 e. The van der Waals surface area contributed by atoms with Gasteiger partial charge in [-0.25, -0.2) is 8.78 Å². The van der Waals surface area contributed by atoms with E-state index in [1.54, 1.807) is 6.07 Å². The largest absolute Gasteiger partial charge is 0.494 e. The Kier molecular flexibility index (Phi) is 5.49. The molecule has 2 rings (SSSR count). The SMILES string of the molecule is COc1ccc(CCC(=O)Nc2ccc(F)cc2Br)cc1F. The molecule has 1 N–H and O–H groups in total. The molecule has 0 saturated carbocycles. The fraction of sp³-hybridized carbons (Fsp3) is 0.188. The quantitative estimate of drug-likeness (QED) is 0.852. The Hall–Kier alpha value is -1.95. The van der Waals surface area contributed by atoms with Crippen molar-refractivity contribution in [1.29, 1.82) is 0 Å². The Labute approximate surface area is 135 Å². The number of aryl methyl sites for hydroxylation is 1. The predicted octanol–water partition coefficient (Wildman–Crippen LogP) is 4.31. The molecule has 0 atom stereocenters. The standard InChI is InChI=1S/C16H14BrF2NO2/c1-22-15-6-2-10(8-13(15)19)3-7-16(21)20-14-5-4-11(18)9-12(14)17/h2,4-6,8-9H,3,7H2,1H3,(H,20,21). The van der Waals surface area contributed by atoms with Crippen LogP contribution in [0.4, 0.5) is 14.5 Å². The molecule has 3 nitrogen and oxygen atoms in total. The lowest BCUT2D eigenvalue weighted by Gasteiger charge is -2.08. The van der Waals surface area contributed by atoms with E-state index in [0.29, 0.717) is 22.1 Å². The first-order chi connectivity index (χ1) is 10.5. The highest BCUT2D eigenvalue weighted by atomic mass is 79.9. The monoisotopic (exact) mass is 369 g/mol. The van der Waals surface area contributed by atoms with E-state index in [2.05, 4.69) is 21.2 Å². The van der Waals surface area contributed by atoms with Crippen molar-refractivity contribution >= 4 is 27.5 Å². The van der Waals surface area contributed by atoms with Crippen LogP contribution in [0.3, 0.4) is 0 Å². The highest BCUT2D eigenvalue weighted by molar-refractivity contribution is 9.10. The van der Waals surface area contributed by atoms with Crippen molar-refractivity contribution in [2.75, 3.05) is 12.4 Å². The van der Waals surface area contributed by atoms with Crippen molar-refractivity contribution in [2.45, 2.75) is 12.8 Å². The van der Waals surface area contributed by atoms with Crippen LogP contribution < -0.4 is 10.1 Å². The lowest BCUT2D eigenvalue weighted by atomic mass is 10.1. The number of hydrogen-bond acceptors (Lipinski definition) is 2. The Morgan fingerprint density at radius 1 is 1.23 bits per heavy atom. The average molecular weight is 370 g/mol. The van der Waals surface area contributed by atoms with E-state index in [9.17, 15) is 13.6 Å². The van der Waals surface area contributed by atoms with E-state index in [-0.39, 0.29) is 18.1 Å². The number of rotatable bonds is 5. The van der Waals surface area contributed by atoms with Crippen molar-refractivity contribution < 1.29 is 18.3 Å². The number of anilines is 1. The van der Waals surface area contributed by atoms with Crippen molar-refractivity contribution in [3.8, 4) is 5.75 Å². The first kappa shape index (κ1) is 16.4. The maximum atomic E-state index is 13.5. The van der Waals surface area contributed by atoms with Crippen LogP contribution in [-0.4, -0.2) is 13.0 Å². The molecule has 0 spiro atoms. The second kappa shape index (κ2) is 7.35. The summed E-state index contributed by atoms with van der Waals surface area (Å²) in [4.78, 5) is 11.9. The lowest BCUT2D eigenvalue weighted by Crippen LogP contribution is -2.12. The maximum absolute atomic E-state index is 13.5. The van der Waals surface area contributed by atoms with Crippen LogP contribution in [0.25, 0.3) is 0 Å². The van der Waals surface area contributed by atoms with Gasteiger partial charge in [-0.2, -0.15) is 0 Å². The number of halogens is 3. The Morgan fingerprint density at radius 2 is 2.00 bits per heavy atom. The molecular formula is C16H14BrF2NO2. The molecule has 0 fully saturated rings. The highest BCUT2D eigenvalue weighted by Crippen LogP contribution is 2.23. The molecule has 0 radical (unpaired) electrons. The van der Waals surface area contributed by atoms with Crippen LogP contribution in [0.1, 0.15) is 12.0 Å². The van der Waals surface area contributed by atoms with Crippen molar-refractivity contribution in [3.05, 3.63) is 58.1 Å². The molecular weight excluding hydrogens is 356 g/mol. The van der Waals surface area contributed by atoms with Crippen LogP contribution in [0.2, 0.25) is 0 Å². The third kappa shape index (κ3) is 4.27. The number of methoxy groups -OCH3 is 1. The van der Waals surface area contributed by atoms with Crippen LogP contribution in [0.5, 0.6) is 5.75 Å². The number of hydrogen-bond donors (Lipinski definition) is 1. The number of amides is 1. The van der Waals surface area contributed by atoms with Gasteiger partial charge in [0.15, 0.2) is 11.6 Å². The van der Waals surface area contributed by atoms with Crippen molar-refractivity contribution in [2.24, 2.45) is 0 Å². The molecule has 2 aromatic rings. The topological polar surface area (TPSA) is 38.3 Å². The van der Waals surface area contributed by atoms with Gasteiger partial charge < -0.3 is 10.1 Å². The van der Waals surface area contributed by atoms with Gasteiger partial charge in [0.25, 0.3) is 0 Å². The molecule has 22 heavy (non-hydrogen) atoms. The molecule has 0 bridgehead atoms. The molecule has 0 aliphatic heterocycles. The van der Waals surface area contributed by atoms with Crippen LogP contribution in [0, 0.1) is 11.6 Å². The summed E-state index contributed by atoms with van der Waals surface area (Å²) in [5, 5.41) is 2.67. The van der Waals surface area contributed by atoms with E-state index < -0.39 is 11.6 Å². The summed E-state index contributed by atoms with van der Waals surface area (Å²) < 4.78 is 31.8. The van der Waals surface area contributed by atoms with Gasteiger partial charge in [-0.05, 0) is 58.2 Å². The van der Waals surface area contributed by atoms with E-state index >= 15 is 0 Å². The Balaban J connectivity index is 1.94. The van der Waals surface area contributed by atoms with Gasteiger partial charge in [0, 0.05) is 10.9 Å². The minimum absolute atomic E-state index is 0.170. The maximum Gasteiger partial charge on any atom is 0.224 e. The van der Waals surface area contributed by atoms with Gasteiger partial charge in [0.1, 0.15) is 5.82 Å². The third-order valence-corrected chi connectivity index (χ3v) is 3.72. The fourth-order valence-corrected chi connectivity index (χ4v) is 2.38. The Morgan fingerprint density at radius 3 is 2.64 bits per heavy atom. The van der Waals surface area contributed by atoms with Crippen LogP contribution in [0.15, 0.2) is 40.9 Å². The van der Waals surface area contributed by atoms with Crippen molar-refractivity contribution in [1.82, 2.24) is 0 Å². The van der Waals surface area contributed by atoms with Gasteiger partial charge in [0.2, 0.25) is 5.91 Å². The number of carbonyl (C=O) groups is 1. The molecule has 2 aromatic carbocycles. The fourth-order valence-electron chi connectivity index (χ4n) is 1.93. The van der Waals surface area contributed by atoms with Gasteiger partial charge in [-0.15, -0.1) is 0 Å². The number of ether oxygens (including phenoxy) is 1.